The highest BCUT2D eigenvalue weighted by Gasteiger charge is 2.39. The summed E-state index contributed by atoms with van der Waals surface area (Å²) in [5.41, 5.74) is 28.0. The van der Waals surface area contributed by atoms with Gasteiger partial charge in [0.1, 0.15) is 0 Å². The number of fused-ring (bicyclic) bond motifs is 12. The Kier molecular flexibility index (Phi) is 10.0. The van der Waals surface area contributed by atoms with Gasteiger partial charge in [0.05, 0.1) is 11.0 Å². The Morgan fingerprint density at radius 1 is 0.256 bits per heavy atom. The molecule has 12 aromatic rings. The zero-order valence-corrected chi connectivity index (χ0v) is 45.0. The third-order valence-corrected chi connectivity index (χ3v) is 17.9. The Morgan fingerprint density at radius 3 is 1.18 bits per heavy atom. The molecule has 0 saturated carbocycles. The van der Waals surface area contributed by atoms with Gasteiger partial charge in [-0.25, -0.2) is 0 Å². The summed E-state index contributed by atoms with van der Waals surface area (Å²) in [4.78, 5) is 4.94. The number of para-hydroxylation sites is 3. The standard InChI is InChI=1S/C75H59N3/c1-73(2)65-29-17-13-25-57(65)60-37-34-52(45-68(60)73)76(50-21-9-7-10-22-50)55-41-49(42-56(44-55)77(51-23-11-8-12-24-51)53-35-38-61-58-26-14-18-30-66(58)74(3,4)69(61)46-53)48-33-40-72-64(43-48)63-28-16-20-32-71(63)78(72)54-36-39-62-59-27-15-19-31-67(59)75(5,6)70(62)47-54/h7-47H,1-6H3. The molecule has 3 heteroatoms. The van der Waals surface area contributed by atoms with Gasteiger partial charge >= 0.3 is 0 Å². The summed E-state index contributed by atoms with van der Waals surface area (Å²) in [6.07, 6.45) is 0. The number of hydrogen-bond acceptors (Lipinski definition) is 2. The van der Waals surface area contributed by atoms with Crippen LogP contribution in [0.4, 0.5) is 34.1 Å². The van der Waals surface area contributed by atoms with Gasteiger partial charge in [-0.2, -0.15) is 0 Å². The molecule has 0 unspecified atom stereocenters. The molecular formula is C75H59N3. The van der Waals surface area contributed by atoms with Gasteiger partial charge in [0.25, 0.3) is 0 Å². The highest BCUT2D eigenvalue weighted by Crippen LogP contribution is 2.54. The Bertz CT molecular complexity index is 4250. The minimum Gasteiger partial charge on any atom is -0.310 e. The maximum absolute atomic E-state index is 2.48. The van der Waals surface area contributed by atoms with Crippen molar-refractivity contribution >= 4 is 55.9 Å². The van der Waals surface area contributed by atoms with Crippen molar-refractivity contribution in [1.82, 2.24) is 4.57 Å². The van der Waals surface area contributed by atoms with Gasteiger partial charge in [-0.05, 0) is 175 Å². The van der Waals surface area contributed by atoms with Gasteiger partial charge in [-0.3, -0.25) is 0 Å². The average Bonchev–Trinajstić information content (AvgIpc) is 4.27. The summed E-state index contributed by atoms with van der Waals surface area (Å²) in [6, 6.07) is 93.3. The zero-order chi connectivity index (χ0) is 52.7. The fraction of sp³-hybridized carbons (Fsp3) is 0.120. The van der Waals surface area contributed by atoms with Crippen LogP contribution in [0.15, 0.2) is 249 Å². The summed E-state index contributed by atoms with van der Waals surface area (Å²) in [5.74, 6) is 0. The molecule has 1 heterocycles. The van der Waals surface area contributed by atoms with E-state index in [1.165, 1.54) is 94.3 Å². The summed E-state index contributed by atoms with van der Waals surface area (Å²) < 4.78 is 2.48. The van der Waals surface area contributed by atoms with E-state index in [2.05, 4.69) is 305 Å². The molecule has 11 aromatic carbocycles. The Morgan fingerprint density at radius 2 is 0.667 bits per heavy atom. The lowest BCUT2D eigenvalue weighted by molar-refractivity contribution is 0.660. The molecule has 0 atom stereocenters. The van der Waals surface area contributed by atoms with Gasteiger partial charge in [-0.15, -0.1) is 0 Å². The minimum absolute atomic E-state index is 0.111. The number of aromatic nitrogens is 1. The molecule has 78 heavy (non-hydrogen) atoms. The van der Waals surface area contributed by atoms with E-state index in [1.807, 2.05) is 0 Å². The molecule has 15 rings (SSSR count). The maximum atomic E-state index is 2.48. The lowest BCUT2D eigenvalue weighted by atomic mass is 9.82. The summed E-state index contributed by atoms with van der Waals surface area (Å²) in [6.45, 7) is 14.2. The summed E-state index contributed by atoms with van der Waals surface area (Å²) >= 11 is 0. The topological polar surface area (TPSA) is 11.4 Å². The number of nitrogens with zero attached hydrogens (tertiary/aromatic N) is 3. The summed E-state index contributed by atoms with van der Waals surface area (Å²) in [7, 11) is 0. The first-order valence-corrected chi connectivity index (χ1v) is 27.6. The molecule has 0 amide bonds. The second kappa shape index (κ2) is 16.9. The molecule has 374 valence electrons. The van der Waals surface area contributed by atoms with Crippen LogP contribution in [0.5, 0.6) is 0 Å². The van der Waals surface area contributed by atoms with Gasteiger partial charge in [-0.1, -0.05) is 193 Å². The van der Waals surface area contributed by atoms with Crippen LogP contribution in [0, 0.1) is 0 Å². The van der Waals surface area contributed by atoms with Crippen molar-refractivity contribution in [1.29, 1.82) is 0 Å². The van der Waals surface area contributed by atoms with Crippen LogP contribution >= 0.6 is 0 Å². The average molecular weight is 1000 g/mol. The molecule has 0 aliphatic heterocycles. The van der Waals surface area contributed by atoms with Crippen LogP contribution in [0.3, 0.4) is 0 Å². The van der Waals surface area contributed by atoms with Crippen LogP contribution in [-0.2, 0) is 16.2 Å². The predicted molar refractivity (Wildman–Crippen MR) is 328 cm³/mol. The SMILES string of the molecule is CC1(C)c2ccccc2-c2ccc(N(c3ccccc3)c3cc(-c4ccc5c(c4)c4ccccc4n5-c4ccc5c(c4)C(C)(C)c4ccccc4-5)cc(N(c4ccccc4)c4ccc5c(c4)C(C)(C)c4ccccc4-5)c3)cc21. The Hall–Kier alpha value is -9.18. The molecular weight excluding hydrogens is 943 g/mol. The fourth-order valence-corrected chi connectivity index (χ4v) is 14.0. The fourth-order valence-electron chi connectivity index (χ4n) is 14.0. The number of rotatable bonds is 8. The minimum atomic E-state index is -0.169. The number of benzene rings is 11. The van der Waals surface area contributed by atoms with E-state index in [-0.39, 0.29) is 16.2 Å². The largest absolute Gasteiger partial charge is 0.310 e. The third kappa shape index (κ3) is 6.77. The zero-order valence-electron chi connectivity index (χ0n) is 45.0. The molecule has 0 bridgehead atoms. The van der Waals surface area contributed by atoms with Gasteiger partial charge in [0, 0.05) is 66.8 Å². The van der Waals surface area contributed by atoms with Crippen LogP contribution in [-0.4, -0.2) is 4.57 Å². The van der Waals surface area contributed by atoms with E-state index >= 15 is 0 Å². The monoisotopic (exact) mass is 1000 g/mol. The van der Waals surface area contributed by atoms with Crippen LogP contribution in [0.1, 0.15) is 74.9 Å². The smallest absolute Gasteiger partial charge is 0.0541 e. The second-order valence-electron chi connectivity index (χ2n) is 23.4. The van der Waals surface area contributed by atoms with Gasteiger partial charge in [0.2, 0.25) is 0 Å². The lowest BCUT2D eigenvalue weighted by Crippen LogP contribution is -2.17. The molecule has 3 nitrogen and oxygen atoms in total. The predicted octanol–water partition coefficient (Wildman–Crippen LogP) is 20.3. The van der Waals surface area contributed by atoms with Crippen molar-refractivity contribution in [3.63, 3.8) is 0 Å². The van der Waals surface area contributed by atoms with E-state index in [4.69, 9.17) is 0 Å². The van der Waals surface area contributed by atoms with E-state index in [9.17, 15) is 0 Å². The maximum Gasteiger partial charge on any atom is 0.0541 e. The second-order valence-corrected chi connectivity index (χ2v) is 23.4. The van der Waals surface area contributed by atoms with Crippen LogP contribution in [0.25, 0.3) is 72.0 Å². The first-order chi connectivity index (χ1) is 37.9. The molecule has 0 saturated heterocycles. The van der Waals surface area contributed by atoms with Crippen LogP contribution < -0.4 is 9.80 Å². The quantitative estimate of drug-likeness (QED) is 0.150. The van der Waals surface area contributed by atoms with E-state index in [0.29, 0.717) is 0 Å². The van der Waals surface area contributed by atoms with Crippen molar-refractivity contribution in [2.75, 3.05) is 9.80 Å². The van der Waals surface area contributed by atoms with Gasteiger partial charge in [0.15, 0.2) is 0 Å². The Balaban J connectivity index is 0.954. The Labute approximate surface area is 458 Å². The number of hydrogen-bond donors (Lipinski definition) is 0. The van der Waals surface area contributed by atoms with Crippen molar-refractivity contribution in [3.8, 4) is 50.2 Å². The molecule has 3 aliphatic rings. The first kappa shape index (κ1) is 46.1. The van der Waals surface area contributed by atoms with E-state index < -0.39 is 0 Å². The van der Waals surface area contributed by atoms with Crippen molar-refractivity contribution in [3.05, 3.63) is 282 Å². The van der Waals surface area contributed by atoms with Crippen LogP contribution in [0.2, 0.25) is 0 Å². The molecule has 0 radical (unpaired) electrons. The van der Waals surface area contributed by atoms with Crippen molar-refractivity contribution < 1.29 is 0 Å². The highest BCUT2D eigenvalue weighted by molar-refractivity contribution is 6.11. The lowest BCUT2D eigenvalue weighted by Gasteiger charge is -2.32. The molecule has 0 N–H and O–H groups in total. The highest BCUT2D eigenvalue weighted by atomic mass is 15.2. The molecule has 1 aromatic heterocycles. The molecule has 3 aliphatic carbocycles. The van der Waals surface area contributed by atoms with E-state index in [0.717, 1.165) is 45.3 Å². The molecule has 0 fully saturated rings. The third-order valence-electron chi connectivity index (χ3n) is 17.9. The van der Waals surface area contributed by atoms with E-state index in [1.54, 1.807) is 0 Å². The number of anilines is 6. The normalized spacial score (nSPS) is 14.6. The van der Waals surface area contributed by atoms with Gasteiger partial charge < -0.3 is 14.4 Å². The summed E-state index contributed by atoms with van der Waals surface area (Å²) in [5, 5.41) is 2.45. The van der Waals surface area contributed by atoms with Crippen molar-refractivity contribution in [2.45, 2.75) is 57.8 Å². The molecule has 0 spiro atoms. The van der Waals surface area contributed by atoms with Crippen molar-refractivity contribution in [2.24, 2.45) is 0 Å². The first-order valence-electron chi connectivity index (χ1n) is 27.6.